The van der Waals surface area contributed by atoms with Crippen LogP contribution in [-0.2, 0) is 14.6 Å². The van der Waals surface area contributed by atoms with Gasteiger partial charge >= 0.3 is 5.97 Å². The van der Waals surface area contributed by atoms with Gasteiger partial charge in [0.05, 0.1) is 11.2 Å². The van der Waals surface area contributed by atoms with Gasteiger partial charge in [0.25, 0.3) is 0 Å². The molecule has 0 bridgehead atoms. The van der Waals surface area contributed by atoms with Crippen molar-refractivity contribution in [2.45, 2.75) is 18.1 Å². The fourth-order valence-corrected chi connectivity index (χ4v) is 4.36. The molecule has 6 heteroatoms. The predicted molar refractivity (Wildman–Crippen MR) is 71.3 cm³/mol. The highest BCUT2D eigenvalue weighted by Crippen LogP contribution is 2.52. The third-order valence-electron chi connectivity index (χ3n) is 3.31. The Morgan fingerprint density at radius 1 is 1.33 bits per heavy atom. The topological polar surface area (TPSA) is 71.4 Å². The van der Waals surface area contributed by atoms with E-state index in [0.717, 1.165) is 10.0 Å². The Hall–Kier alpha value is -0.880. The molecule has 0 unspecified atom stereocenters. The lowest BCUT2D eigenvalue weighted by atomic mass is 10.1. The van der Waals surface area contributed by atoms with Crippen molar-refractivity contribution in [3.8, 4) is 0 Å². The van der Waals surface area contributed by atoms with Crippen molar-refractivity contribution in [3.63, 3.8) is 0 Å². The second-order valence-electron chi connectivity index (χ2n) is 4.36. The van der Waals surface area contributed by atoms with Crippen LogP contribution >= 0.6 is 15.9 Å². The van der Waals surface area contributed by atoms with Crippen molar-refractivity contribution in [2.75, 3.05) is 5.75 Å². The molecule has 1 aromatic rings. The van der Waals surface area contributed by atoms with Crippen LogP contribution in [0, 0.1) is 5.92 Å². The maximum Gasteiger partial charge on any atom is 0.308 e. The van der Waals surface area contributed by atoms with E-state index in [0.29, 0.717) is 0 Å². The largest absolute Gasteiger partial charge is 0.481 e. The highest BCUT2D eigenvalue weighted by Gasteiger charge is 2.62. The molecule has 18 heavy (non-hydrogen) atoms. The fourth-order valence-electron chi connectivity index (χ4n) is 2.30. The van der Waals surface area contributed by atoms with Crippen LogP contribution in [-0.4, -0.2) is 30.5 Å². The first-order chi connectivity index (χ1) is 8.38. The second-order valence-corrected chi connectivity index (χ2v) is 7.72. The predicted octanol–water partition coefficient (Wildman–Crippen LogP) is 2.05. The van der Waals surface area contributed by atoms with Crippen LogP contribution < -0.4 is 0 Å². The van der Waals surface area contributed by atoms with E-state index in [4.69, 9.17) is 5.11 Å². The summed E-state index contributed by atoms with van der Waals surface area (Å²) in [5.74, 6) is -2.28. The summed E-state index contributed by atoms with van der Waals surface area (Å²) in [6.45, 7) is 1.55. The van der Waals surface area contributed by atoms with E-state index < -0.39 is 32.9 Å². The van der Waals surface area contributed by atoms with Gasteiger partial charge in [-0.25, -0.2) is 8.42 Å². The smallest absolute Gasteiger partial charge is 0.308 e. The summed E-state index contributed by atoms with van der Waals surface area (Å²) in [7, 11) is -3.32. The number of carbonyl (C=O) groups is 1. The highest BCUT2D eigenvalue weighted by atomic mass is 79.9. The molecule has 0 aliphatic heterocycles. The van der Waals surface area contributed by atoms with Gasteiger partial charge in [0.2, 0.25) is 0 Å². The zero-order chi connectivity index (χ0) is 13.5. The van der Waals surface area contributed by atoms with Gasteiger partial charge in [0.1, 0.15) is 0 Å². The summed E-state index contributed by atoms with van der Waals surface area (Å²) < 4.78 is 24.6. The van der Waals surface area contributed by atoms with E-state index >= 15 is 0 Å². The molecule has 0 amide bonds. The third kappa shape index (κ3) is 2.31. The van der Waals surface area contributed by atoms with Crippen LogP contribution in [0.25, 0.3) is 0 Å². The zero-order valence-electron chi connectivity index (χ0n) is 9.71. The van der Waals surface area contributed by atoms with Gasteiger partial charge in [-0.1, -0.05) is 35.0 Å². The lowest BCUT2D eigenvalue weighted by Gasteiger charge is -2.00. The Morgan fingerprint density at radius 2 is 1.89 bits per heavy atom. The van der Waals surface area contributed by atoms with Crippen LogP contribution in [0.1, 0.15) is 18.4 Å². The summed E-state index contributed by atoms with van der Waals surface area (Å²) in [5.41, 5.74) is 0.771. The van der Waals surface area contributed by atoms with E-state index in [1.165, 1.54) is 0 Å². The number of carboxylic acids is 1. The quantitative estimate of drug-likeness (QED) is 0.915. The number of hydrogen-bond acceptors (Lipinski definition) is 3. The normalized spacial score (nSPS) is 26.9. The van der Waals surface area contributed by atoms with Crippen molar-refractivity contribution in [3.05, 3.63) is 34.3 Å². The number of halogens is 1. The number of benzene rings is 1. The Bertz CT molecular complexity index is 564. The van der Waals surface area contributed by atoms with Gasteiger partial charge < -0.3 is 5.11 Å². The van der Waals surface area contributed by atoms with Crippen LogP contribution in [0.3, 0.4) is 0 Å². The molecular weight excluding hydrogens is 320 g/mol. The standard InChI is InChI=1S/C12H13BrO4S/c1-2-18(16,17)11-9(10(11)12(14)15)7-3-5-8(13)6-4-7/h3-6,9-11H,2H2,1H3,(H,14,15)/t9-,10+,11-/m0/s1. The van der Waals surface area contributed by atoms with Gasteiger partial charge in [-0.3, -0.25) is 4.79 Å². The van der Waals surface area contributed by atoms with E-state index in [2.05, 4.69) is 15.9 Å². The maximum absolute atomic E-state index is 11.9. The summed E-state index contributed by atoms with van der Waals surface area (Å²) in [6.07, 6.45) is 0. The molecule has 1 N–H and O–H groups in total. The minimum atomic E-state index is -3.32. The molecule has 1 aliphatic carbocycles. The Labute approximate surface area is 114 Å². The molecular formula is C12H13BrO4S. The molecule has 0 heterocycles. The van der Waals surface area contributed by atoms with Crippen LogP contribution in [0.2, 0.25) is 0 Å². The summed E-state index contributed by atoms with van der Waals surface area (Å²) in [6, 6.07) is 7.14. The molecule has 0 aromatic heterocycles. The van der Waals surface area contributed by atoms with Gasteiger partial charge in [0, 0.05) is 16.1 Å². The van der Waals surface area contributed by atoms with Gasteiger partial charge in [-0.2, -0.15) is 0 Å². The highest BCUT2D eigenvalue weighted by molar-refractivity contribution is 9.10. The summed E-state index contributed by atoms with van der Waals surface area (Å²) in [5, 5.41) is 8.32. The van der Waals surface area contributed by atoms with Crippen molar-refractivity contribution in [1.29, 1.82) is 0 Å². The molecule has 0 saturated heterocycles. The number of carboxylic acid groups (broad SMARTS) is 1. The SMILES string of the molecule is CCS(=O)(=O)[C@@H]1[C@H](C(=O)O)[C@@H]1c1ccc(Br)cc1. The number of hydrogen-bond donors (Lipinski definition) is 1. The Morgan fingerprint density at radius 3 is 2.33 bits per heavy atom. The first-order valence-electron chi connectivity index (χ1n) is 5.58. The molecule has 1 fully saturated rings. The average Bonchev–Trinajstić information content (AvgIpc) is 3.06. The summed E-state index contributed by atoms with van der Waals surface area (Å²) in [4.78, 5) is 11.1. The molecule has 1 aromatic carbocycles. The monoisotopic (exact) mass is 332 g/mol. The van der Waals surface area contributed by atoms with Crippen molar-refractivity contribution in [2.24, 2.45) is 5.92 Å². The number of sulfone groups is 1. The second kappa shape index (κ2) is 4.66. The number of aliphatic carboxylic acids is 1. The van der Waals surface area contributed by atoms with Gasteiger partial charge in [0.15, 0.2) is 9.84 Å². The van der Waals surface area contributed by atoms with E-state index in [1.54, 1.807) is 31.2 Å². The molecule has 1 aliphatic rings. The van der Waals surface area contributed by atoms with Crippen molar-refractivity contribution < 1.29 is 18.3 Å². The number of rotatable bonds is 4. The van der Waals surface area contributed by atoms with E-state index in [1.807, 2.05) is 0 Å². The third-order valence-corrected chi connectivity index (χ3v) is 6.06. The molecule has 0 spiro atoms. The maximum atomic E-state index is 11.9. The lowest BCUT2D eigenvalue weighted by Crippen LogP contribution is -2.14. The van der Waals surface area contributed by atoms with E-state index in [9.17, 15) is 13.2 Å². The first kappa shape index (κ1) is 13.5. The average molecular weight is 333 g/mol. The molecule has 1 saturated carbocycles. The molecule has 3 atom stereocenters. The molecule has 0 radical (unpaired) electrons. The molecule has 98 valence electrons. The van der Waals surface area contributed by atoms with Crippen molar-refractivity contribution >= 4 is 31.7 Å². The van der Waals surface area contributed by atoms with Gasteiger partial charge in [-0.05, 0) is 17.7 Å². The van der Waals surface area contributed by atoms with Crippen LogP contribution in [0.15, 0.2) is 28.7 Å². The Kier molecular flexibility index (Phi) is 3.51. The molecule has 4 nitrogen and oxygen atoms in total. The van der Waals surface area contributed by atoms with Crippen LogP contribution in [0.4, 0.5) is 0 Å². The lowest BCUT2D eigenvalue weighted by molar-refractivity contribution is -0.138. The Balaban J connectivity index is 2.33. The van der Waals surface area contributed by atoms with Crippen LogP contribution in [0.5, 0.6) is 0 Å². The van der Waals surface area contributed by atoms with E-state index in [-0.39, 0.29) is 5.75 Å². The fraction of sp³-hybridized carbons (Fsp3) is 0.417. The first-order valence-corrected chi connectivity index (χ1v) is 8.09. The van der Waals surface area contributed by atoms with Gasteiger partial charge in [-0.15, -0.1) is 0 Å². The zero-order valence-corrected chi connectivity index (χ0v) is 12.1. The minimum Gasteiger partial charge on any atom is -0.481 e. The minimum absolute atomic E-state index is 0.0194. The molecule has 2 rings (SSSR count). The van der Waals surface area contributed by atoms with Crippen molar-refractivity contribution in [1.82, 2.24) is 0 Å². The summed E-state index contributed by atoms with van der Waals surface area (Å²) >= 11 is 3.29.